The first-order valence-electron chi connectivity index (χ1n) is 10.1. The number of aromatic nitrogens is 1. The summed E-state index contributed by atoms with van der Waals surface area (Å²) < 4.78 is 5.77. The topological polar surface area (TPSA) is 61.8 Å². The summed E-state index contributed by atoms with van der Waals surface area (Å²) in [7, 11) is 0. The first kappa shape index (κ1) is 19.0. The van der Waals surface area contributed by atoms with Crippen molar-refractivity contribution in [3.05, 3.63) is 23.9 Å². The second kappa shape index (κ2) is 9.76. The Balaban J connectivity index is 1.51. The van der Waals surface area contributed by atoms with E-state index in [0.717, 1.165) is 43.7 Å². The van der Waals surface area contributed by atoms with Crippen LogP contribution < -0.4 is 15.4 Å². The van der Waals surface area contributed by atoms with Gasteiger partial charge in [0.15, 0.2) is 5.96 Å². The van der Waals surface area contributed by atoms with Crippen LogP contribution in [0.4, 0.5) is 0 Å². The molecule has 26 heavy (non-hydrogen) atoms. The molecular weight excluding hydrogens is 326 g/mol. The van der Waals surface area contributed by atoms with Crippen LogP contribution in [0, 0.1) is 5.92 Å². The third kappa shape index (κ3) is 5.87. The number of rotatable bonds is 9. The van der Waals surface area contributed by atoms with E-state index in [0.29, 0.717) is 18.5 Å². The minimum atomic E-state index is 0.618. The predicted octanol–water partition coefficient (Wildman–Crippen LogP) is 2.41. The van der Waals surface area contributed by atoms with Crippen LogP contribution >= 0.6 is 0 Å². The van der Waals surface area contributed by atoms with Crippen molar-refractivity contribution < 1.29 is 4.74 Å². The minimum Gasteiger partial charge on any atom is -0.477 e. The monoisotopic (exact) mass is 359 g/mol. The predicted molar refractivity (Wildman–Crippen MR) is 106 cm³/mol. The summed E-state index contributed by atoms with van der Waals surface area (Å²) in [5.41, 5.74) is 1.12. The quantitative estimate of drug-likeness (QED) is 0.524. The standard InChI is InChI=1S/C20H33N5O/c1-3-21-20(24-14-18-6-5-11-25(18)4-2)23-13-17-9-10-22-19(12-17)26-15-16-7-8-16/h9-10,12,16,18H,3-8,11,13-15H2,1-2H3,(H2,21,23,24). The fraction of sp³-hybridized carbons (Fsp3) is 0.700. The highest BCUT2D eigenvalue weighted by Crippen LogP contribution is 2.29. The molecule has 1 saturated heterocycles. The Morgan fingerprint density at radius 3 is 2.96 bits per heavy atom. The maximum Gasteiger partial charge on any atom is 0.213 e. The number of hydrogen-bond acceptors (Lipinski definition) is 4. The van der Waals surface area contributed by atoms with Gasteiger partial charge in [-0.05, 0) is 63.2 Å². The lowest BCUT2D eigenvalue weighted by Crippen LogP contribution is -2.44. The van der Waals surface area contributed by atoms with E-state index in [4.69, 9.17) is 9.73 Å². The van der Waals surface area contributed by atoms with Crippen molar-refractivity contribution >= 4 is 5.96 Å². The van der Waals surface area contributed by atoms with Gasteiger partial charge in [-0.25, -0.2) is 9.98 Å². The molecule has 1 atom stereocenters. The summed E-state index contributed by atoms with van der Waals surface area (Å²) in [5.74, 6) is 2.33. The fourth-order valence-electron chi connectivity index (χ4n) is 3.38. The van der Waals surface area contributed by atoms with Crippen molar-refractivity contribution in [1.29, 1.82) is 0 Å². The normalized spacial score (nSPS) is 21.0. The van der Waals surface area contributed by atoms with Crippen molar-refractivity contribution in [2.75, 3.05) is 32.8 Å². The second-order valence-corrected chi connectivity index (χ2v) is 7.26. The van der Waals surface area contributed by atoms with Gasteiger partial charge < -0.3 is 15.4 Å². The maximum atomic E-state index is 5.77. The van der Waals surface area contributed by atoms with E-state index in [1.807, 2.05) is 18.3 Å². The lowest BCUT2D eigenvalue weighted by molar-refractivity contribution is 0.267. The average molecular weight is 360 g/mol. The number of likely N-dealkylation sites (N-methyl/N-ethyl adjacent to an activating group) is 1. The Labute approximate surface area is 157 Å². The Kier molecular flexibility index (Phi) is 7.12. The van der Waals surface area contributed by atoms with Gasteiger partial charge in [-0.15, -0.1) is 0 Å². The van der Waals surface area contributed by atoms with Gasteiger partial charge in [0.1, 0.15) is 0 Å². The van der Waals surface area contributed by atoms with E-state index in [1.54, 1.807) is 0 Å². The van der Waals surface area contributed by atoms with Gasteiger partial charge in [0.05, 0.1) is 13.2 Å². The molecule has 0 radical (unpaired) electrons. The fourth-order valence-corrected chi connectivity index (χ4v) is 3.38. The van der Waals surface area contributed by atoms with Crippen LogP contribution in [0.1, 0.15) is 45.1 Å². The largest absolute Gasteiger partial charge is 0.477 e. The van der Waals surface area contributed by atoms with Crippen LogP contribution in [0.25, 0.3) is 0 Å². The molecule has 0 spiro atoms. The van der Waals surface area contributed by atoms with Gasteiger partial charge in [0, 0.05) is 31.4 Å². The number of hydrogen-bond donors (Lipinski definition) is 2. The summed E-state index contributed by atoms with van der Waals surface area (Å²) in [5, 5.41) is 6.86. The summed E-state index contributed by atoms with van der Waals surface area (Å²) >= 11 is 0. The van der Waals surface area contributed by atoms with Crippen LogP contribution in [-0.4, -0.2) is 54.7 Å². The first-order chi connectivity index (χ1) is 12.8. The molecule has 1 aliphatic carbocycles. The summed E-state index contributed by atoms with van der Waals surface area (Å²) in [6, 6.07) is 4.63. The van der Waals surface area contributed by atoms with E-state index in [-0.39, 0.29) is 0 Å². The van der Waals surface area contributed by atoms with Gasteiger partial charge >= 0.3 is 0 Å². The number of pyridine rings is 1. The van der Waals surface area contributed by atoms with Crippen LogP contribution in [0.5, 0.6) is 5.88 Å². The summed E-state index contributed by atoms with van der Waals surface area (Å²) in [6.45, 7) is 9.91. The van der Waals surface area contributed by atoms with Crippen molar-refractivity contribution in [3.63, 3.8) is 0 Å². The molecule has 6 heteroatoms. The maximum absolute atomic E-state index is 5.77. The third-order valence-corrected chi connectivity index (χ3v) is 5.14. The van der Waals surface area contributed by atoms with Crippen LogP contribution in [0.3, 0.4) is 0 Å². The second-order valence-electron chi connectivity index (χ2n) is 7.26. The molecule has 0 amide bonds. The van der Waals surface area contributed by atoms with E-state index in [9.17, 15) is 0 Å². The van der Waals surface area contributed by atoms with E-state index in [2.05, 4.69) is 34.4 Å². The molecule has 1 aromatic rings. The first-order valence-corrected chi connectivity index (χ1v) is 10.1. The zero-order valence-electron chi connectivity index (χ0n) is 16.2. The van der Waals surface area contributed by atoms with Gasteiger partial charge in [-0.3, -0.25) is 4.90 Å². The number of aliphatic imine (C=N–C) groups is 1. The zero-order valence-corrected chi connectivity index (χ0v) is 16.2. The molecule has 1 aliphatic heterocycles. The number of nitrogens with zero attached hydrogens (tertiary/aromatic N) is 3. The lowest BCUT2D eigenvalue weighted by atomic mass is 10.2. The molecule has 2 aliphatic rings. The molecule has 0 bridgehead atoms. The molecule has 1 aromatic heterocycles. The van der Waals surface area contributed by atoms with Gasteiger partial charge in [-0.1, -0.05) is 6.92 Å². The van der Waals surface area contributed by atoms with E-state index in [1.165, 1.54) is 32.2 Å². The SMILES string of the molecule is CCNC(=NCc1ccnc(OCC2CC2)c1)NCC1CCCN1CC. The van der Waals surface area contributed by atoms with Crippen LogP contribution in [-0.2, 0) is 6.54 Å². The average Bonchev–Trinajstić information content (AvgIpc) is 3.39. The number of likely N-dealkylation sites (tertiary alicyclic amines) is 1. The zero-order chi connectivity index (χ0) is 18.2. The van der Waals surface area contributed by atoms with E-state index >= 15 is 0 Å². The number of nitrogens with one attached hydrogen (secondary N) is 2. The smallest absolute Gasteiger partial charge is 0.213 e. The van der Waals surface area contributed by atoms with Crippen LogP contribution in [0.15, 0.2) is 23.3 Å². The Bertz CT molecular complexity index is 587. The van der Waals surface area contributed by atoms with Crippen molar-refractivity contribution in [2.24, 2.45) is 10.9 Å². The van der Waals surface area contributed by atoms with Gasteiger partial charge in [0.2, 0.25) is 5.88 Å². The highest BCUT2D eigenvalue weighted by molar-refractivity contribution is 5.79. The molecule has 3 rings (SSSR count). The molecule has 0 aromatic carbocycles. The van der Waals surface area contributed by atoms with Gasteiger partial charge in [0.25, 0.3) is 0 Å². The Morgan fingerprint density at radius 1 is 1.31 bits per heavy atom. The Hall–Kier alpha value is -1.82. The van der Waals surface area contributed by atoms with Crippen molar-refractivity contribution in [3.8, 4) is 5.88 Å². The molecule has 2 fully saturated rings. The molecule has 2 N–H and O–H groups in total. The number of ether oxygens (including phenoxy) is 1. The molecule has 6 nitrogen and oxygen atoms in total. The van der Waals surface area contributed by atoms with Crippen LogP contribution in [0.2, 0.25) is 0 Å². The molecule has 2 heterocycles. The summed E-state index contributed by atoms with van der Waals surface area (Å²) in [6.07, 6.45) is 6.96. The molecular formula is C20H33N5O. The van der Waals surface area contributed by atoms with E-state index < -0.39 is 0 Å². The molecule has 1 unspecified atom stereocenters. The molecule has 144 valence electrons. The highest BCUT2D eigenvalue weighted by atomic mass is 16.5. The van der Waals surface area contributed by atoms with Crippen molar-refractivity contribution in [1.82, 2.24) is 20.5 Å². The van der Waals surface area contributed by atoms with Crippen molar-refractivity contribution in [2.45, 2.75) is 52.1 Å². The van der Waals surface area contributed by atoms with Gasteiger partial charge in [-0.2, -0.15) is 0 Å². The minimum absolute atomic E-state index is 0.618. The lowest BCUT2D eigenvalue weighted by Gasteiger charge is -2.24. The number of guanidine groups is 1. The third-order valence-electron chi connectivity index (χ3n) is 5.14. The Morgan fingerprint density at radius 2 is 2.19 bits per heavy atom. The summed E-state index contributed by atoms with van der Waals surface area (Å²) in [4.78, 5) is 11.6. The highest BCUT2D eigenvalue weighted by Gasteiger charge is 2.23. The molecule has 1 saturated carbocycles.